The van der Waals surface area contributed by atoms with E-state index < -0.39 is 0 Å². The van der Waals surface area contributed by atoms with Gasteiger partial charge in [-0.3, -0.25) is 4.79 Å². The summed E-state index contributed by atoms with van der Waals surface area (Å²) in [4.78, 5) is 29.4. The van der Waals surface area contributed by atoms with Gasteiger partial charge in [-0.05, 0) is 72.6 Å². The molecule has 6 rings (SSSR count). The first kappa shape index (κ1) is 24.9. The van der Waals surface area contributed by atoms with E-state index in [1.54, 1.807) is 49.8 Å². The van der Waals surface area contributed by atoms with Crippen LogP contribution in [0, 0.1) is 6.92 Å². The number of aromatic hydroxyl groups is 1. The number of carbonyl (C=O) groups excluding carboxylic acids is 1. The summed E-state index contributed by atoms with van der Waals surface area (Å²) < 4.78 is 7.40. The molecule has 0 bridgehead atoms. The van der Waals surface area contributed by atoms with Crippen LogP contribution in [0.5, 0.6) is 11.6 Å². The fourth-order valence-corrected chi connectivity index (χ4v) is 4.65. The lowest BCUT2D eigenvalue weighted by Gasteiger charge is -2.09. The number of pyridine rings is 1. The van der Waals surface area contributed by atoms with Gasteiger partial charge < -0.3 is 24.7 Å². The van der Waals surface area contributed by atoms with Crippen molar-refractivity contribution in [3.8, 4) is 39.8 Å². The molecule has 6 aromatic rings. The number of carbonyl (C=O) groups is 1. The maximum absolute atomic E-state index is 12.9. The molecule has 0 unspecified atom stereocenters. The number of aromatic nitrogens is 5. The molecular weight excluding hydrogens is 504 g/mol. The summed E-state index contributed by atoms with van der Waals surface area (Å²) in [6.45, 7) is 2.35. The molecule has 0 aliphatic heterocycles. The highest BCUT2D eigenvalue weighted by molar-refractivity contribution is 5.97. The molecule has 9 heteroatoms. The Kier molecular flexibility index (Phi) is 6.45. The van der Waals surface area contributed by atoms with Crippen LogP contribution in [-0.2, 0) is 6.54 Å². The number of nitrogens with one attached hydrogen (secondary N) is 2. The maximum atomic E-state index is 12.9. The van der Waals surface area contributed by atoms with E-state index in [9.17, 15) is 9.90 Å². The zero-order valence-corrected chi connectivity index (χ0v) is 21.9. The Hall–Kier alpha value is -5.44. The first-order valence-electron chi connectivity index (χ1n) is 12.7. The minimum Gasteiger partial charge on any atom is -0.507 e. The highest BCUT2D eigenvalue weighted by Gasteiger charge is 2.15. The van der Waals surface area contributed by atoms with Crippen molar-refractivity contribution in [2.45, 2.75) is 13.5 Å². The van der Waals surface area contributed by atoms with Crippen LogP contribution in [0.3, 0.4) is 0 Å². The van der Waals surface area contributed by atoms with Gasteiger partial charge in [-0.1, -0.05) is 18.2 Å². The van der Waals surface area contributed by atoms with Crippen molar-refractivity contribution < 1.29 is 14.6 Å². The van der Waals surface area contributed by atoms with E-state index in [1.165, 1.54) is 0 Å². The molecule has 3 aromatic carbocycles. The van der Waals surface area contributed by atoms with Gasteiger partial charge in [0.15, 0.2) is 0 Å². The van der Waals surface area contributed by atoms with E-state index in [-0.39, 0.29) is 11.7 Å². The Bertz CT molecular complexity index is 1840. The number of phenolic OH excluding ortho intramolecular Hbond substituents is 1. The number of aryl methyl sites for hydroxylation is 1. The molecule has 3 heterocycles. The van der Waals surface area contributed by atoms with E-state index in [0.717, 1.165) is 28.2 Å². The first-order chi connectivity index (χ1) is 19.5. The van der Waals surface area contributed by atoms with Crippen LogP contribution in [0.4, 0.5) is 0 Å². The Morgan fingerprint density at radius 2 is 1.85 bits per heavy atom. The van der Waals surface area contributed by atoms with Crippen molar-refractivity contribution in [1.29, 1.82) is 0 Å². The van der Waals surface area contributed by atoms with Crippen LogP contribution < -0.4 is 10.1 Å². The maximum Gasteiger partial charge on any atom is 0.251 e. The second-order valence-corrected chi connectivity index (χ2v) is 9.30. The number of ether oxygens (including phenoxy) is 1. The molecule has 0 aliphatic rings. The quantitative estimate of drug-likeness (QED) is 0.253. The molecule has 0 spiro atoms. The number of H-pyrrole nitrogens is 1. The van der Waals surface area contributed by atoms with Gasteiger partial charge in [0.25, 0.3) is 5.91 Å². The molecule has 3 N–H and O–H groups in total. The number of hydrogen-bond donors (Lipinski definition) is 3. The zero-order valence-electron chi connectivity index (χ0n) is 21.9. The van der Waals surface area contributed by atoms with Crippen molar-refractivity contribution in [3.05, 3.63) is 108 Å². The minimum absolute atomic E-state index is 0.0813. The molecule has 9 nitrogen and oxygen atoms in total. The summed E-state index contributed by atoms with van der Waals surface area (Å²) in [5.41, 5.74) is 6.03. The van der Waals surface area contributed by atoms with Gasteiger partial charge in [-0.15, -0.1) is 0 Å². The van der Waals surface area contributed by atoms with E-state index in [1.807, 2.05) is 60.2 Å². The van der Waals surface area contributed by atoms with Crippen LogP contribution >= 0.6 is 0 Å². The molecule has 0 saturated carbocycles. The van der Waals surface area contributed by atoms with E-state index >= 15 is 0 Å². The number of methoxy groups -OCH3 is 1. The number of fused-ring (bicyclic) bond motifs is 1. The van der Waals surface area contributed by atoms with Crippen molar-refractivity contribution in [2.24, 2.45) is 0 Å². The fraction of sp³-hybridized carbons (Fsp3) is 0.0968. The Balaban J connectivity index is 1.20. The monoisotopic (exact) mass is 530 g/mol. The number of imidazole rings is 2. The summed E-state index contributed by atoms with van der Waals surface area (Å²) >= 11 is 0. The summed E-state index contributed by atoms with van der Waals surface area (Å²) in [6, 6.07) is 22.3. The molecule has 0 radical (unpaired) electrons. The molecule has 40 heavy (non-hydrogen) atoms. The van der Waals surface area contributed by atoms with Gasteiger partial charge in [0, 0.05) is 41.9 Å². The lowest BCUT2D eigenvalue weighted by atomic mass is 10.0. The van der Waals surface area contributed by atoms with Crippen molar-refractivity contribution >= 4 is 16.9 Å². The van der Waals surface area contributed by atoms with Gasteiger partial charge in [-0.25, -0.2) is 15.0 Å². The third kappa shape index (κ3) is 4.76. The first-order valence-corrected chi connectivity index (χ1v) is 12.7. The Morgan fingerprint density at radius 1 is 1.00 bits per heavy atom. The van der Waals surface area contributed by atoms with Crippen molar-refractivity contribution in [2.75, 3.05) is 7.11 Å². The van der Waals surface area contributed by atoms with Crippen LogP contribution in [-0.4, -0.2) is 42.6 Å². The summed E-state index contributed by atoms with van der Waals surface area (Å²) in [5.74, 6) is 1.78. The average molecular weight is 531 g/mol. The van der Waals surface area contributed by atoms with E-state index in [0.29, 0.717) is 40.4 Å². The molecule has 1 amide bonds. The SMILES string of the molecule is COc1ncccc1-c1ccc(O)c(-c2nc3ccc(C(=O)NCc4ccc(-n5ccnc5C)cc4)cc3[nH]2)c1. The van der Waals surface area contributed by atoms with Crippen LogP contribution in [0.15, 0.2) is 91.4 Å². The van der Waals surface area contributed by atoms with Crippen molar-refractivity contribution in [3.63, 3.8) is 0 Å². The lowest BCUT2D eigenvalue weighted by molar-refractivity contribution is 0.0951. The van der Waals surface area contributed by atoms with Gasteiger partial charge in [0.1, 0.15) is 17.4 Å². The van der Waals surface area contributed by atoms with Gasteiger partial charge in [0.05, 0.1) is 23.7 Å². The van der Waals surface area contributed by atoms with Crippen LogP contribution in [0.2, 0.25) is 0 Å². The summed E-state index contributed by atoms with van der Waals surface area (Å²) in [5, 5.41) is 13.6. The number of phenols is 1. The molecular formula is C31H26N6O3. The lowest BCUT2D eigenvalue weighted by Crippen LogP contribution is -2.22. The molecule has 0 atom stereocenters. The smallest absolute Gasteiger partial charge is 0.251 e. The average Bonchev–Trinajstić information content (AvgIpc) is 3.62. The third-order valence-electron chi connectivity index (χ3n) is 6.76. The number of nitrogens with zero attached hydrogens (tertiary/aromatic N) is 4. The second kappa shape index (κ2) is 10.4. The van der Waals surface area contributed by atoms with Gasteiger partial charge in [0.2, 0.25) is 5.88 Å². The Labute approximate surface area is 230 Å². The zero-order chi connectivity index (χ0) is 27.6. The number of aromatic amines is 1. The summed E-state index contributed by atoms with van der Waals surface area (Å²) in [6.07, 6.45) is 5.35. The highest BCUT2D eigenvalue weighted by atomic mass is 16.5. The molecule has 0 aliphatic carbocycles. The van der Waals surface area contributed by atoms with Crippen LogP contribution in [0.1, 0.15) is 21.7 Å². The molecule has 0 saturated heterocycles. The van der Waals surface area contributed by atoms with Gasteiger partial charge in [-0.2, -0.15) is 0 Å². The van der Waals surface area contributed by atoms with E-state index in [4.69, 9.17) is 4.74 Å². The predicted molar refractivity (Wildman–Crippen MR) is 152 cm³/mol. The highest BCUT2D eigenvalue weighted by Crippen LogP contribution is 2.35. The molecule has 0 fully saturated rings. The van der Waals surface area contributed by atoms with Crippen LogP contribution in [0.25, 0.3) is 39.2 Å². The molecule has 198 valence electrons. The Morgan fingerprint density at radius 3 is 2.62 bits per heavy atom. The normalized spacial score (nSPS) is 11.1. The number of hydrogen-bond acceptors (Lipinski definition) is 6. The number of amides is 1. The second-order valence-electron chi connectivity index (χ2n) is 9.30. The third-order valence-corrected chi connectivity index (χ3v) is 6.76. The fourth-order valence-electron chi connectivity index (χ4n) is 4.65. The predicted octanol–water partition coefficient (Wildman–Crippen LogP) is 5.43. The van der Waals surface area contributed by atoms with E-state index in [2.05, 4.69) is 25.3 Å². The standard InChI is InChI=1S/C31H26N6O3/c1-19-32-14-15-37(19)23-9-5-20(6-10-23)18-34-30(39)22-7-11-26-27(17-22)36-29(35-26)25-16-21(8-12-28(25)38)24-4-3-13-33-31(24)40-2/h3-17,38H,18H2,1-2H3,(H,34,39)(H,35,36). The molecule has 3 aromatic heterocycles. The summed E-state index contributed by atoms with van der Waals surface area (Å²) in [7, 11) is 1.57. The largest absolute Gasteiger partial charge is 0.507 e. The number of benzene rings is 3. The van der Waals surface area contributed by atoms with Gasteiger partial charge >= 0.3 is 0 Å². The topological polar surface area (TPSA) is 118 Å². The number of rotatable bonds is 7. The minimum atomic E-state index is -0.193. The van der Waals surface area contributed by atoms with Crippen molar-refractivity contribution in [1.82, 2.24) is 29.8 Å².